The summed E-state index contributed by atoms with van der Waals surface area (Å²) in [6, 6.07) is 45.2. The van der Waals surface area contributed by atoms with Crippen molar-refractivity contribution in [3.63, 3.8) is 0 Å². The molecule has 0 aliphatic heterocycles. The molecule has 0 aliphatic rings. The Kier molecular flexibility index (Phi) is 11.8. The Hall–Kier alpha value is -4.72. The predicted octanol–water partition coefficient (Wildman–Crippen LogP) is 12.9. The first-order valence-corrected chi connectivity index (χ1v) is 17.2. The molecule has 2 aromatic heterocycles. The second-order valence-corrected chi connectivity index (χ2v) is 12.8. The average Bonchev–Trinajstić information content (AvgIpc) is 3.13. The normalized spacial score (nSPS) is 10.7. The number of thiol groups is 1. The van der Waals surface area contributed by atoms with Crippen LogP contribution in [-0.2, 0) is 0 Å². The van der Waals surface area contributed by atoms with Gasteiger partial charge in [0.2, 0.25) is 0 Å². The van der Waals surface area contributed by atoms with Gasteiger partial charge in [-0.25, -0.2) is 0 Å². The minimum atomic E-state index is -1.00. The van der Waals surface area contributed by atoms with Gasteiger partial charge in [0, 0.05) is 38.4 Å². The topological polar surface area (TPSA) is 38.1 Å². The molecule has 3 nitrogen and oxygen atoms in total. The third kappa shape index (κ3) is 7.54. The van der Waals surface area contributed by atoms with E-state index in [0.29, 0.717) is 0 Å². The van der Waals surface area contributed by atoms with Gasteiger partial charge < -0.3 is 0 Å². The molecule has 0 saturated heterocycles. The van der Waals surface area contributed by atoms with Crippen LogP contribution < -0.4 is 0 Å². The third-order valence-electron chi connectivity index (χ3n) is 8.63. The molecule has 0 amide bonds. The van der Waals surface area contributed by atoms with Crippen molar-refractivity contribution >= 4 is 79.5 Å². The van der Waals surface area contributed by atoms with E-state index in [1.165, 1.54) is 65.3 Å². The van der Waals surface area contributed by atoms with Crippen LogP contribution in [0, 0.1) is 27.7 Å². The van der Waals surface area contributed by atoms with Gasteiger partial charge in [0.1, 0.15) is 0 Å². The predicted molar refractivity (Wildman–Crippen MR) is 220 cm³/mol. The molecule has 0 bridgehead atoms. The van der Waals surface area contributed by atoms with Crippen LogP contribution in [0.2, 0.25) is 0 Å². The number of alkyl halides is 1. The second kappa shape index (κ2) is 16.8. The van der Waals surface area contributed by atoms with E-state index in [9.17, 15) is 4.39 Å². The molecule has 8 aromatic rings. The fourth-order valence-corrected chi connectivity index (χ4v) is 7.26. The molecule has 0 N–H and O–H groups in total. The SMILES string of the molecule is Cc1ccc(-c2c3ccccc3c(Br)c3ccccc23)c(C)n1.Cc1ccc(-c2c3ccccc3cc3ccccc23)c(C)n1.[2H]CF.[B]=NS. The van der Waals surface area contributed by atoms with E-state index in [1.807, 2.05) is 13.8 Å². The summed E-state index contributed by atoms with van der Waals surface area (Å²) < 4.78 is 19.4. The van der Waals surface area contributed by atoms with E-state index in [0.717, 1.165) is 27.2 Å². The minimum absolute atomic E-state index is 1.00. The van der Waals surface area contributed by atoms with Crippen molar-refractivity contribution in [3.8, 4) is 22.3 Å². The number of nitrogens with zero attached hydrogens (tertiary/aromatic N) is 3. The molecule has 0 atom stereocenters. The van der Waals surface area contributed by atoms with Crippen LogP contribution in [0.5, 0.6) is 0 Å². The summed E-state index contributed by atoms with van der Waals surface area (Å²) in [5, 5.41) is 10.1. The Morgan fingerprint density at radius 3 is 1.28 bits per heavy atom. The van der Waals surface area contributed by atoms with Crippen molar-refractivity contribution in [1.82, 2.24) is 9.97 Å². The monoisotopic (exact) mass is 737 g/mol. The van der Waals surface area contributed by atoms with Gasteiger partial charge in [-0.05, 0) is 116 Å². The zero-order valence-corrected chi connectivity index (χ0v) is 30.9. The first-order valence-electron chi connectivity index (χ1n) is 16.7. The Morgan fingerprint density at radius 1 is 0.580 bits per heavy atom. The molecule has 247 valence electrons. The summed E-state index contributed by atoms with van der Waals surface area (Å²) in [6.07, 6.45) is 0. The number of pyridine rings is 2. The molecule has 7 heteroatoms. The third-order valence-corrected chi connectivity index (χ3v) is 9.48. The maximum atomic E-state index is 9.96. The summed E-state index contributed by atoms with van der Waals surface area (Å²) in [5.41, 5.74) is 9.25. The number of rotatable bonds is 2. The number of hydrogen-bond donors (Lipinski definition) is 1. The van der Waals surface area contributed by atoms with Crippen molar-refractivity contribution in [1.29, 1.82) is 0 Å². The molecule has 1 radical (unpaired) electrons. The Morgan fingerprint density at radius 2 is 0.900 bits per heavy atom. The summed E-state index contributed by atoms with van der Waals surface area (Å²) in [4.78, 5) is 9.34. The molecule has 0 fully saturated rings. The number of hydrogen-bond acceptors (Lipinski definition) is 4. The van der Waals surface area contributed by atoms with Crippen LogP contribution in [0.1, 0.15) is 24.1 Å². The van der Waals surface area contributed by atoms with Crippen molar-refractivity contribution in [2.24, 2.45) is 4.30 Å². The molecular weight excluding hydrogens is 700 g/mol. The summed E-state index contributed by atoms with van der Waals surface area (Å²) in [6.45, 7) is 8.26. The van der Waals surface area contributed by atoms with Crippen molar-refractivity contribution < 1.29 is 5.76 Å². The summed E-state index contributed by atoms with van der Waals surface area (Å²) in [5.74, 6) is 0. The molecular formula is C43H37BBrFN3S. The van der Waals surface area contributed by atoms with Gasteiger partial charge in [-0.3, -0.25) is 14.4 Å². The number of aryl methyl sites for hydroxylation is 4. The molecule has 0 spiro atoms. The van der Waals surface area contributed by atoms with Crippen LogP contribution in [0.15, 0.2) is 136 Å². The fraction of sp³-hybridized carbons (Fsp3) is 0.116. The number of aromatic nitrogens is 2. The van der Waals surface area contributed by atoms with Gasteiger partial charge >= 0.3 is 24.8 Å². The van der Waals surface area contributed by atoms with E-state index >= 15 is 0 Å². The van der Waals surface area contributed by atoms with E-state index < -0.39 is 7.15 Å². The molecule has 8 rings (SSSR count). The standard InChI is InChI=1S/C21H16BrN.C21H17N.CH3F.BHNS/c1-13-11-12-15(14(2)23-13)20-16-7-3-5-9-18(16)21(22)19-10-6-4-8-17(19)20;1-14-11-12-18(15(2)22-14)21-19-9-5-3-7-16(19)13-17-8-4-6-10-20(17)21;1-2;1-2-3/h3-12H,1-2H3;3-13H,1-2H3;1H3;3H/i;;1D;. The van der Waals surface area contributed by atoms with Gasteiger partial charge in [-0.15, -0.1) is 0 Å². The molecule has 0 saturated carbocycles. The maximum absolute atomic E-state index is 9.96. The Balaban J connectivity index is 0.000000172. The van der Waals surface area contributed by atoms with Crippen LogP contribution in [0.3, 0.4) is 0 Å². The van der Waals surface area contributed by atoms with E-state index in [1.54, 1.807) is 0 Å². The van der Waals surface area contributed by atoms with Gasteiger partial charge in [0.25, 0.3) is 0 Å². The van der Waals surface area contributed by atoms with E-state index in [4.69, 9.17) is 1.37 Å². The molecule has 2 heterocycles. The van der Waals surface area contributed by atoms with Crippen LogP contribution in [-0.4, -0.2) is 24.8 Å². The zero-order valence-electron chi connectivity index (χ0n) is 29.5. The quantitative estimate of drug-likeness (QED) is 0.109. The molecule has 0 aliphatic carbocycles. The van der Waals surface area contributed by atoms with Gasteiger partial charge in [0.15, 0.2) is 0 Å². The molecule has 50 heavy (non-hydrogen) atoms. The van der Waals surface area contributed by atoms with Crippen molar-refractivity contribution in [3.05, 3.63) is 155 Å². The Labute approximate surface area is 309 Å². The molecule has 6 aromatic carbocycles. The zero-order chi connectivity index (χ0) is 36.5. The van der Waals surface area contributed by atoms with Gasteiger partial charge in [0.05, 0.1) is 8.52 Å². The van der Waals surface area contributed by atoms with Gasteiger partial charge in [-0.1, -0.05) is 109 Å². The van der Waals surface area contributed by atoms with E-state index in [-0.39, 0.29) is 0 Å². The van der Waals surface area contributed by atoms with Crippen molar-refractivity contribution in [2.75, 3.05) is 7.15 Å². The number of benzene rings is 6. The van der Waals surface area contributed by atoms with Crippen LogP contribution in [0.4, 0.5) is 4.39 Å². The fourth-order valence-electron chi connectivity index (χ4n) is 6.57. The summed E-state index contributed by atoms with van der Waals surface area (Å²) >= 11 is 7.00. The van der Waals surface area contributed by atoms with Crippen LogP contribution in [0.25, 0.3) is 65.3 Å². The Bertz CT molecular complexity index is 2380. The van der Waals surface area contributed by atoms with Crippen molar-refractivity contribution in [2.45, 2.75) is 27.7 Å². The first kappa shape index (κ1) is 35.1. The second-order valence-electron chi connectivity index (χ2n) is 11.8. The van der Waals surface area contributed by atoms with E-state index in [2.05, 4.69) is 192 Å². The first-order chi connectivity index (χ1) is 24.7. The van der Waals surface area contributed by atoms with Gasteiger partial charge in [-0.2, -0.15) is 0 Å². The average molecular weight is 739 g/mol. The number of fused-ring (bicyclic) bond motifs is 4. The summed E-state index contributed by atoms with van der Waals surface area (Å²) in [7, 11) is 3.34. The van der Waals surface area contributed by atoms with Crippen LogP contribution >= 0.6 is 28.7 Å². The molecule has 0 unspecified atom stereocenters. The number of halogens is 2.